The van der Waals surface area contributed by atoms with Gasteiger partial charge in [-0.1, -0.05) is 25.1 Å². The monoisotopic (exact) mass is 201 g/mol. The lowest BCUT2D eigenvalue weighted by Crippen LogP contribution is -1.99. The third kappa shape index (κ3) is 1.94. The Hall–Kier alpha value is -1.57. The molecule has 15 heavy (non-hydrogen) atoms. The summed E-state index contributed by atoms with van der Waals surface area (Å²) >= 11 is 0. The summed E-state index contributed by atoms with van der Waals surface area (Å²) in [4.78, 5) is 4.51. The van der Waals surface area contributed by atoms with E-state index in [1.165, 1.54) is 10.9 Å². The largest absolute Gasteiger partial charge is 0.478 e. The Bertz CT molecular complexity index is 465. The fourth-order valence-electron chi connectivity index (χ4n) is 1.66. The van der Waals surface area contributed by atoms with Crippen molar-refractivity contribution in [1.82, 2.24) is 4.98 Å². The average Bonchev–Trinajstić information content (AvgIpc) is 2.28. The lowest BCUT2D eigenvalue weighted by atomic mass is 10.1. The summed E-state index contributed by atoms with van der Waals surface area (Å²) in [5.41, 5.74) is 2.17. The van der Waals surface area contributed by atoms with Crippen LogP contribution >= 0.6 is 0 Å². The second-order valence-corrected chi connectivity index (χ2v) is 3.43. The Morgan fingerprint density at radius 1 is 1.20 bits per heavy atom. The van der Waals surface area contributed by atoms with E-state index in [0.717, 1.165) is 17.8 Å². The smallest absolute Gasteiger partial charge is 0.217 e. The van der Waals surface area contributed by atoms with Crippen LogP contribution in [-0.4, -0.2) is 11.6 Å². The van der Waals surface area contributed by atoms with E-state index in [9.17, 15) is 0 Å². The van der Waals surface area contributed by atoms with E-state index >= 15 is 0 Å². The molecule has 0 fully saturated rings. The van der Waals surface area contributed by atoms with Crippen molar-refractivity contribution in [1.29, 1.82) is 0 Å². The summed E-state index contributed by atoms with van der Waals surface area (Å²) in [6.07, 6.45) is 0.952. The summed E-state index contributed by atoms with van der Waals surface area (Å²) in [6, 6.07) is 10.3. The van der Waals surface area contributed by atoms with Gasteiger partial charge in [-0.2, -0.15) is 0 Å². The zero-order valence-electron chi connectivity index (χ0n) is 9.16. The highest BCUT2D eigenvalue weighted by Crippen LogP contribution is 2.22. The molecule has 0 atom stereocenters. The van der Waals surface area contributed by atoms with Gasteiger partial charge in [-0.15, -0.1) is 0 Å². The van der Waals surface area contributed by atoms with E-state index in [-0.39, 0.29) is 0 Å². The van der Waals surface area contributed by atoms with Crippen molar-refractivity contribution in [2.75, 3.05) is 6.61 Å². The van der Waals surface area contributed by atoms with Gasteiger partial charge in [-0.05, 0) is 25.5 Å². The summed E-state index contributed by atoms with van der Waals surface area (Å²) in [7, 11) is 0. The van der Waals surface area contributed by atoms with Gasteiger partial charge < -0.3 is 4.74 Å². The maximum Gasteiger partial charge on any atom is 0.217 e. The first kappa shape index (κ1) is 9.97. The molecule has 1 heterocycles. The van der Waals surface area contributed by atoms with Gasteiger partial charge in [0, 0.05) is 10.9 Å². The van der Waals surface area contributed by atoms with Crippen molar-refractivity contribution in [3.63, 3.8) is 0 Å². The molecule has 1 aromatic carbocycles. The van der Waals surface area contributed by atoms with Crippen LogP contribution in [0.2, 0.25) is 0 Å². The minimum Gasteiger partial charge on any atom is -0.478 e. The highest BCUT2D eigenvalue weighted by molar-refractivity contribution is 5.80. The van der Waals surface area contributed by atoms with E-state index in [1.54, 1.807) is 0 Å². The van der Waals surface area contributed by atoms with Crippen LogP contribution in [-0.2, 0) is 6.42 Å². The first-order valence-electron chi connectivity index (χ1n) is 5.36. The molecule has 2 aromatic rings. The highest BCUT2D eigenvalue weighted by Gasteiger charge is 2.05. The van der Waals surface area contributed by atoms with Crippen molar-refractivity contribution in [2.24, 2.45) is 0 Å². The van der Waals surface area contributed by atoms with Crippen LogP contribution in [0.25, 0.3) is 10.9 Å². The molecule has 0 aliphatic carbocycles. The SMILES string of the molecule is CCOc1nc2ccccc2cc1CC. The summed E-state index contributed by atoms with van der Waals surface area (Å²) in [6.45, 7) is 4.77. The number of aryl methyl sites for hydroxylation is 1. The minimum atomic E-state index is 0.665. The fourth-order valence-corrected chi connectivity index (χ4v) is 1.66. The van der Waals surface area contributed by atoms with Gasteiger partial charge in [0.05, 0.1) is 12.1 Å². The van der Waals surface area contributed by atoms with Gasteiger partial charge in [0.1, 0.15) is 0 Å². The molecule has 0 bridgehead atoms. The maximum absolute atomic E-state index is 5.52. The zero-order valence-corrected chi connectivity index (χ0v) is 9.16. The van der Waals surface area contributed by atoms with Crippen LogP contribution in [0.4, 0.5) is 0 Å². The molecule has 1 aromatic heterocycles. The Labute approximate surface area is 89.9 Å². The lowest BCUT2D eigenvalue weighted by Gasteiger charge is -2.08. The first-order valence-corrected chi connectivity index (χ1v) is 5.36. The summed E-state index contributed by atoms with van der Waals surface area (Å²) in [5, 5.41) is 1.18. The predicted molar refractivity (Wildman–Crippen MR) is 62.3 cm³/mol. The highest BCUT2D eigenvalue weighted by atomic mass is 16.5. The second kappa shape index (κ2) is 4.30. The molecule has 0 N–H and O–H groups in total. The first-order chi connectivity index (χ1) is 7.35. The van der Waals surface area contributed by atoms with Crippen LogP contribution in [0.5, 0.6) is 5.88 Å². The molecule has 78 valence electrons. The van der Waals surface area contributed by atoms with Crippen LogP contribution in [0.1, 0.15) is 19.4 Å². The van der Waals surface area contributed by atoms with Crippen molar-refractivity contribution in [2.45, 2.75) is 20.3 Å². The molecule has 0 radical (unpaired) electrons. The lowest BCUT2D eigenvalue weighted by molar-refractivity contribution is 0.324. The normalized spacial score (nSPS) is 10.5. The van der Waals surface area contributed by atoms with Gasteiger partial charge in [0.2, 0.25) is 5.88 Å². The molecule has 0 saturated carbocycles. The minimum absolute atomic E-state index is 0.665. The third-order valence-corrected chi connectivity index (χ3v) is 2.43. The van der Waals surface area contributed by atoms with Crippen molar-refractivity contribution < 1.29 is 4.74 Å². The number of pyridine rings is 1. The molecule has 2 rings (SSSR count). The number of benzene rings is 1. The molecule has 0 amide bonds. The van der Waals surface area contributed by atoms with Crippen molar-refractivity contribution in [3.05, 3.63) is 35.9 Å². The van der Waals surface area contributed by atoms with Gasteiger partial charge in [-0.25, -0.2) is 4.98 Å². The van der Waals surface area contributed by atoms with Gasteiger partial charge in [-0.3, -0.25) is 0 Å². The zero-order chi connectivity index (χ0) is 10.7. The number of aromatic nitrogens is 1. The van der Waals surface area contributed by atoms with E-state index in [2.05, 4.69) is 24.0 Å². The topological polar surface area (TPSA) is 22.1 Å². The number of hydrogen-bond donors (Lipinski definition) is 0. The maximum atomic E-state index is 5.52. The molecular weight excluding hydrogens is 186 g/mol. The van der Waals surface area contributed by atoms with Crippen LogP contribution < -0.4 is 4.74 Å². The molecular formula is C13H15NO. The molecule has 0 spiro atoms. The van der Waals surface area contributed by atoms with E-state index in [4.69, 9.17) is 4.74 Å². The van der Waals surface area contributed by atoms with Crippen LogP contribution in [0, 0.1) is 0 Å². The number of fused-ring (bicyclic) bond motifs is 1. The van der Waals surface area contributed by atoms with E-state index < -0.39 is 0 Å². The Morgan fingerprint density at radius 3 is 2.73 bits per heavy atom. The number of nitrogens with zero attached hydrogens (tertiary/aromatic N) is 1. The molecule has 0 unspecified atom stereocenters. The molecule has 2 nitrogen and oxygen atoms in total. The summed E-state index contributed by atoms with van der Waals surface area (Å²) < 4.78 is 5.52. The third-order valence-electron chi connectivity index (χ3n) is 2.43. The van der Waals surface area contributed by atoms with E-state index in [1.807, 2.05) is 25.1 Å². The Morgan fingerprint density at radius 2 is 2.00 bits per heavy atom. The van der Waals surface area contributed by atoms with Gasteiger partial charge >= 0.3 is 0 Å². The van der Waals surface area contributed by atoms with Crippen molar-refractivity contribution >= 4 is 10.9 Å². The number of hydrogen-bond acceptors (Lipinski definition) is 2. The van der Waals surface area contributed by atoms with Crippen LogP contribution in [0.15, 0.2) is 30.3 Å². The Kier molecular flexibility index (Phi) is 2.86. The van der Waals surface area contributed by atoms with Crippen LogP contribution in [0.3, 0.4) is 0 Å². The number of ether oxygens (including phenoxy) is 1. The molecule has 0 aliphatic heterocycles. The second-order valence-electron chi connectivity index (χ2n) is 3.43. The predicted octanol–water partition coefficient (Wildman–Crippen LogP) is 3.20. The average molecular weight is 201 g/mol. The fraction of sp³-hybridized carbons (Fsp3) is 0.308. The van der Waals surface area contributed by atoms with E-state index in [0.29, 0.717) is 6.61 Å². The number of para-hydroxylation sites is 1. The van der Waals surface area contributed by atoms with Gasteiger partial charge in [0.25, 0.3) is 0 Å². The van der Waals surface area contributed by atoms with Crippen molar-refractivity contribution in [3.8, 4) is 5.88 Å². The Balaban J connectivity index is 2.58. The standard InChI is InChI=1S/C13H15NO/c1-3-10-9-11-7-5-6-8-12(11)14-13(10)15-4-2/h5-9H,3-4H2,1-2H3. The van der Waals surface area contributed by atoms with Gasteiger partial charge in [0.15, 0.2) is 0 Å². The molecule has 2 heteroatoms. The quantitative estimate of drug-likeness (QED) is 0.760. The molecule has 0 aliphatic rings. The summed E-state index contributed by atoms with van der Waals surface area (Å²) in [5.74, 6) is 0.777. The molecule has 0 saturated heterocycles. The number of rotatable bonds is 3.